The molecule has 188 valence electrons. The fourth-order valence-electron chi connectivity index (χ4n) is 4.95. The van der Waals surface area contributed by atoms with E-state index < -0.39 is 0 Å². The summed E-state index contributed by atoms with van der Waals surface area (Å²) in [6.07, 6.45) is 4.38. The summed E-state index contributed by atoms with van der Waals surface area (Å²) in [5.41, 5.74) is 0.585. The van der Waals surface area contributed by atoms with Gasteiger partial charge in [-0.2, -0.15) is 0 Å². The predicted molar refractivity (Wildman–Crippen MR) is 133 cm³/mol. The van der Waals surface area contributed by atoms with Gasteiger partial charge in [0, 0.05) is 77.8 Å². The van der Waals surface area contributed by atoms with E-state index in [0.29, 0.717) is 37.2 Å². The van der Waals surface area contributed by atoms with Crippen molar-refractivity contribution in [3.05, 3.63) is 36.0 Å². The first-order valence-electron chi connectivity index (χ1n) is 12.8. The van der Waals surface area contributed by atoms with E-state index in [4.69, 9.17) is 9.47 Å². The molecule has 0 bridgehead atoms. The van der Waals surface area contributed by atoms with Crippen molar-refractivity contribution in [1.82, 2.24) is 25.0 Å². The summed E-state index contributed by atoms with van der Waals surface area (Å²) in [5, 5.41) is 9.03. The van der Waals surface area contributed by atoms with Crippen LogP contribution in [0, 0.1) is 0 Å². The third-order valence-corrected chi connectivity index (χ3v) is 6.98. The van der Waals surface area contributed by atoms with Crippen LogP contribution in [0.25, 0.3) is 0 Å². The summed E-state index contributed by atoms with van der Waals surface area (Å²) in [6.45, 7) is 11.1. The van der Waals surface area contributed by atoms with Crippen molar-refractivity contribution in [2.75, 3.05) is 81.9 Å². The molecule has 10 nitrogen and oxygen atoms in total. The summed E-state index contributed by atoms with van der Waals surface area (Å²) in [7, 11) is 0. The second-order valence-corrected chi connectivity index (χ2v) is 9.27. The van der Waals surface area contributed by atoms with Crippen molar-refractivity contribution in [2.24, 2.45) is 0 Å². The second kappa shape index (κ2) is 11.2. The largest absolute Gasteiger partial charge is 0.478 e. The SMILES string of the molecule is CCOc1ccc(C(=O)N2CCN(c3ccc(N4CCN(CC5CCCO5)CC4)nn3)CC2)cn1. The number of carbonyl (C=O) groups is 1. The van der Waals surface area contributed by atoms with Gasteiger partial charge in [-0.25, -0.2) is 4.98 Å². The minimum atomic E-state index is 0.000247. The third kappa shape index (κ3) is 5.82. The molecule has 3 aliphatic rings. The zero-order chi connectivity index (χ0) is 24.0. The van der Waals surface area contributed by atoms with Gasteiger partial charge < -0.3 is 24.2 Å². The summed E-state index contributed by atoms with van der Waals surface area (Å²) in [4.78, 5) is 25.9. The molecule has 0 aliphatic carbocycles. The molecule has 0 spiro atoms. The van der Waals surface area contributed by atoms with E-state index in [1.807, 2.05) is 11.8 Å². The molecular weight excluding hydrogens is 446 g/mol. The van der Waals surface area contributed by atoms with Gasteiger partial charge in [0.05, 0.1) is 18.3 Å². The van der Waals surface area contributed by atoms with Crippen LogP contribution in [0.3, 0.4) is 0 Å². The summed E-state index contributed by atoms with van der Waals surface area (Å²) >= 11 is 0. The number of hydrogen-bond acceptors (Lipinski definition) is 9. The van der Waals surface area contributed by atoms with Crippen molar-refractivity contribution in [1.29, 1.82) is 0 Å². The van der Waals surface area contributed by atoms with Crippen LogP contribution in [0.5, 0.6) is 5.88 Å². The fraction of sp³-hybridized carbons (Fsp3) is 0.600. The van der Waals surface area contributed by atoms with Gasteiger partial charge in [0.15, 0.2) is 11.6 Å². The summed E-state index contributed by atoms with van der Waals surface area (Å²) in [5.74, 6) is 2.33. The lowest BCUT2D eigenvalue weighted by atomic mass is 10.2. The quantitative estimate of drug-likeness (QED) is 0.584. The van der Waals surface area contributed by atoms with Crippen molar-refractivity contribution in [3.8, 4) is 5.88 Å². The van der Waals surface area contributed by atoms with Gasteiger partial charge in [-0.1, -0.05) is 0 Å². The minimum Gasteiger partial charge on any atom is -0.478 e. The van der Waals surface area contributed by atoms with E-state index >= 15 is 0 Å². The molecule has 1 unspecified atom stereocenters. The number of anilines is 2. The molecule has 3 aliphatic heterocycles. The first-order valence-corrected chi connectivity index (χ1v) is 12.8. The normalized spacial score (nSPS) is 21.4. The fourth-order valence-corrected chi connectivity index (χ4v) is 4.95. The van der Waals surface area contributed by atoms with Crippen molar-refractivity contribution in [3.63, 3.8) is 0 Å². The molecule has 3 fully saturated rings. The maximum atomic E-state index is 12.8. The maximum Gasteiger partial charge on any atom is 0.255 e. The zero-order valence-electron chi connectivity index (χ0n) is 20.5. The highest BCUT2D eigenvalue weighted by molar-refractivity contribution is 5.94. The molecule has 1 amide bonds. The number of rotatable bonds is 7. The van der Waals surface area contributed by atoms with E-state index in [0.717, 1.165) is 64.1 Å². The lowest BCUT2D eigenvalue weighted by Gasteiger charge is -2.37. The molecule has 2 aromatic heterocycles. The number of piperazine rings is 2. The minimum absolute atomic E-state index is 0.000247. The standard InChI is InChI=1S/C25H35N7O3/c1-2-34-24-8-5-20(18-26-24)25(33)32-15-13-31(14-16-32)23-7-6-22(27-28-23)30-11-9-29(10-12-30)19-21-4-3-17-35-21/h5-8,18,21H,2-4,9-17,19H2,1H3. The first kappa shape index (κ1) is 23.7. The molecule has 10 heteroatoms. The smallest absolute Gasteiger partial charge is 0.255 e. The van der Waals surface area contributed by atoms with Crippen molar-refractivity contribution in [2.45, 2.75) is 25.9 Å². The molecule has 0 aromatic carbocycles. The molecule has 35 heavy (non-hydrogen) atoms. The second-order valence-electron chi connectivity index (χ2n) is 9.27. The Balaban J connectivity index is 1.09. The van der Waals surface area contributed by atoms with E-state index in [1.165, 1.54) is 12.8 Å². The first-order chi connectivity index (χ1) is 17.2. The highest BCUT2D eigenvalue weighted by Gasteiger charge is 2.25. The van der Waals surface area contributed by atoms with E-state index in [2.05, 4.69) is 42.0 Å². The molecule has 5 rings (SSSR count). The molecule has 1 atom stereocenters. The lowest BCUT2D eigenvalue weighted by molar-refractivity contribution is 0.0712. The van der Waals surface area contributed by atoms with Crippen LogP contribution in [-0.4, -0.2) is 109 Å². The Labute approximate surface area is 206 Å². The highest BCUT2D eigenvalue weighted by Crippen LogP contribution is 2.20. The maximum absolute atomic E-state index is 12.8. The van der Waals surface area contributed by atoms with E-state index in [9.17, 15) is 4.79 Å². The average Bonchev–Trinajstić information content (AvgIpc) is 3.43. The number of hydrogen-bond donors (Lipinski definition) is 0. The summed E-state index contributed by atoms with van der Waals surface area (Å²) in [6, 6.07) is 7.64. The molecule has 2 aromatic rings. The molecule has 0 N–H and O–H groups in total. The van der Waals surface area contributed by atoms with Gasteiger partial charge in [0.2, 0.25) is 5.88 Å². The number of amides is 1. The molecule has 3 saturated heterocycles. The molecule has 5 heterocycles. The van der Waals surface area contributed by atoms with Crippen LogP contribution in [0.15, 0.2) is 30.5 Å². The zero-order valence-corrected chi connectivity index (χ0v) is 20.5. The molecular formula is C25H35N7O3. The van der Waals surface area contributed by atoms with Crippen LogP contribution in [0.4, 0.5) is 11.6 Å². The van der Waals surface area contributed by atoms with Crippen LogP contribution in [0.2, 0.25) is 0 Å². The van der Waals surface area contributed by atoms with Gasteiger partial charge in [-0.05, 0) is 38.0 Å². The lowest BCUT2D eigenvalue weighted by Crippen LogP contribution is -2.49. The summed E-state index contributed by atoms with van der Waals surface area (Å²) < 4.78 is 11.1. The van der Waals surface area contributed by atoms with Crippen LogP contribution < -0.4 is 14.5 Å². The Kier molecular flexibility index (Phi) is 7.58. The Morgan fingerprint density at radius 1 is 0.971 bits per heavy atom. The molecule has 0 saturated carbocycles. The number of pyridine rings is 1. The Morgan fingerprint density at radius 2 is 1.66 bits per heavy atom. The topological polar surface area (TPSA) is 87.2 Å². The molecule has 0 radical (unpaired) electrons. The third-order valence-electron chi connectivity index (χ3n) is 6.98. The van der Waals surface area contributed by atoms with Gasteiger partial charge in [0.1, 0.15) is 0 Å². The van der Waals surface area contributed by atoms with Crippen LogP contribution in [0.1, 0.15) is 30.1 Å². The van der Waals surface area contributed by atoms with E-state index in [-0.39, 0.29) is 5.91 Å². The van der Waals surface area contributed by atoms with Gasteiger partial charge in [0.25, 0.3) is 5.91 Å². The highest BCUT2D eigenvalue weighted by atomic mass is 16.5. The van der Waals surface area contributed by atoms with Gasteiger partial charge in [-0.3, -0.25) is 9.69 Å². The number of nitrogens with zero attached hydrogens (tertiary/aromatic N) is 7. The Hall–Kier alpha value is -2.98. The Morgan fingerprint density at radius 3 is 2.20 bits per heavy atom. The Bertz CT molecular complexity index is 950. The van der Waals surface area contributed by atoms with Gasteiger partial charge in [-0.15, -0.1) is 10.2 Å². The van der Waals surface area contributed by atoms with Crippen LogP contribution >= 0.6 is 0 Å². The average molecular weight is 482 g/mol. The van der Waals surface area contributed by atoms with E-state index in [1.54, 1.807) is 18.3 Å². The number of aromatic nitrogens is 3. The number of carbonyl (C=O) groups excluding carboxylic acids is 1. The van der Waals surface area contributed by atoms with Crippen LogP contribution in [-0.2, 0) is 4.74 Å². The number of ether oxygens (including phenoxy) is 2. The van der Waals surface area contributed by atoms with Crippen molar-refractivity contribution >= 4 is 17.5 Å². The van der Waals surface area contributed by atoms with Crippen molar-refractivity contribution < 1.29 is 14.3 Å². The monoisotopic (exact) mass is 481 g/mol. The predicted octanol–water partition coefficient (Wildman–Crippen LogP) is 1.53. The van der Waals surface area contributed by atoms with Gasteiger partial charge >= 0.3 is 0 Å².